The van der Waals surface area contributed by atoms with E-state index < -0.39 is 11.4 Å². The molecule has 3 aromatic rings. The lowest BCUT2D eigenvalue weighted by atomic mass is 10.1. The van der Waals surface area contributed by atoms with Crippen LogP contribution in [0, 0.1) is 5.82 Å². The van der Waals surface area contributed by atoms with Crippen LogP contribution in [0.4, 0.5) is 4.39 Å². The number of carbonyl (C=O) groups is 2. The molecule has 2 fully saturated rings. The lowest BCUT2D eigenvalue weighted by Gasteiger charge is -2.40. The van der Waals surface area contributed by atoms with E-state index in [0.717, 1.165) is 0 Å². The van der Waals surface area contributed by atoms with Gasteiger partial charge in [-0.1, -0.05) is 0 Å². The van der Waals surface area contributed by atoms with Crippen LogP contribution >= 0.6 is 0 Å². The normalized spacial score (nSPS) is 20.2. The number of oxazole rings is 1. The maximum atomic E-state index is 13.4. The van der Waals surface area contributed by atoms with Crippen LogP contribution in [0.3, 0.4) is 0 Å². The molecular formula is C23H22FN3O4. The van der Waals surface area contributed by atoms with Gasteiger partial charge in [-0.05, 0) is 56.2 Å². The Morgan fingerprint density at radius 1 is 1.16 bits per heavy atom. The molecule has 1 saturated carbocycles. The first-order chi connectivity index (χ1) is 14.8. The number of rotatable bonds is 3. The van der Waals surface area contributed by atoms with Crippen LogP contribution in [-0.4, -0.2) is 63.0 Å². The van der Waals surface area contributed by atoms with Gasteiger partial charge in [0.2, 0.25) is 5.89 Å². The predicted octanol–water partition coefficient (Wildman–Crippen LogP) is 2.83. The second kappa shape index (κ2) is 7.16. The number of piperazine rings is 1. The molecule has 0 bridgehead atoms. The summed E-state index contributed by atoms with van der Waals surface area (Å²) < 4.78 is 19.0. The maximum Gasteiger partial charge on any atom is 0.254 e. The molecule has 1 N–H and O–H groups in total. The minimum atomic E-state index is -1.18. The summed E-state index contributed by atoms with van der Waals surface area (Å²) >= 11 is 0. The van der Waals surface area contributed by atoms with Crippen molar-refractivity contribution in [2.45, 2.75) is 31.4 Å². The summed E-state index contributed by atoms with van der Waals surface area (Å²) in [5.74, 6) is -0.374. The molecule has 1 atom stereocenters. The summed E-state index contributed by atoms with van der Waals surface area (Å²) in [6.45, 7) is 3.14. The van der Waals surface area contributed by atoms with Gasteiger partial charge in [0.05, 0.1) is 0 Å². The van der Waals surface area contributed by atoms with E-state index in [1.165, 1.54) is 12.1 Å². The summed E-state index contributed by atoms with van der Waals surface area (Å²) in [4.78, 5) is 33.1. The summed E-state index contributed by atoms with van der Waals surface area (Å²) in [5, 5.41) is 10.1. The molecule has 7 nitrogen and oxygen atoms in total. The van der Waals surface area contributed by atoms with Gasteiger partial charge in [-0.2, -0.15) is 0 Å². The molecule has 160 valence electrons. The van der Waals surface area contributed by atoms with Gasteiger partial charge in [-0.15, -0.1) is 0 Å². The van der Waals surface area contributed by atoms with Gasteiger partial charge in [0.15, 0.2) is 5.58 Å². The molecule has 31 heavy (non-hydrogen) atoms. The largest absolute Gasteiger partial charge is 0.436 e. The Morgan fingerprint density at radius 3 is 2.58 bits per heavy atom. The molecule has 0 radical (unpaired) electrons. The highest BCUT2D eigenvalue weighted by molar-refractivity contribution is 5.95. The SMILES string of the molecule is C[C@H]1CN(C(=O)C2(O)CC2)CCN1C(=O)c1ccc(-c2nc3ccc(F)cc3o2)cc1. The van der Waals surface area contributed by atoms with Crippen LogP contribution in [0.15, 0.2) is 46.9 Å². The predicted molar refractivity (Wildman–Crippen MR) is 111 cm³/mol. The van der Waals surface area contributed by atoms with Crippen molar-refractivity contribution in [3.05, 3.63) is 53.8 Å². The van der Waals surface area contributed by atoms with Crippen molar-refractivity contribution in [3.63, 3.8) is 0 Å². The Bertz CT molecular complexity index is 1170. The fourth-order valence-corrected chi connectivity index (χ4v) is 4.01. The number of amides is 2. The standard InChI is InChI=1S/C23H22FN3O4/c1-14-13-26(22(29)23(30)8-9-23)10-11-27(14)21(28)16-4-2-15(3-5-16)20-25-18-7-6-17(24)12-19(18)31-20/h2-7,12,14,30H,8-11,13H2,1H3/t14-/m0/s1. The Balaban J connectivity index is 1.29. The minimum absolute atomic E-state index is 0.115. The third-order valence-corrected chi connectivity index (χ3v) is 6.03. The van der Waals surface area contributed by atoms with Gasteiger partial charge in [0, 0.05) is 42.9 Å². The highest BCUT2D eigenvalue weighted by atomic mass is 19.1. The Labute approximate surface area is 178 Å². The monoisotopic (exact) mass is 423 g/mol. The first kappa shape index (κ1) is 19.7. The number of halogens is 1. The fraction of sp³-hybridized carbons (Fsp3) is 0.348. The van der Waals surface area contributed by atoms with E-state index in [9.17, 15) is 19.1 Å². The van der Waals surface area contributed by atoms with Crippen LogP contribution in [0.1, 0.15) is 30.1 Å². The zero-order chi connectivity index (χ0) is 21.8. The zero-order valence-corrected chi connectivity index (χ0v) is 17.0. The van der Waals surface area contributed by atoms with Gasteiger partial charge in [0.25, 0.3) is 11.8 Å². The third kappa shape index (κ3) is 3.57. The zero-order valence-electron chi connectivity index (χ0n) is 17.0. The van der Waals surface area contributed by atoms with E-state index in [-0.39, 0.29) is 17.9 Å². The van der Waals surface area contributed by atoms with Gasteiger partial charge in [-0.3, -0.25) is 9.59 Å². The smallest absolute Gasteiger partial charge is 0.254 e. The van der Waals surface area contributed by atoms with Gasteiger partial charge >= 0.3 is 0 Å². The van der Waals surface area contributed by atoms with Crippen molar-refractivity contribution < 1.29 is 23.5 Å². The third-order valence-electron chi connectivity index (χ3n) is 6.03. The number of nitrogens with zero attached hydrogens (tertiary/aromatic N) is 3. The number of aromatic nitrogens is 1. The molecule has 0 spiro atoms. The fourth-order valence-electron chi connectivity index (χ4n) is 4.01. The van der Waals surface area contributed by atoms with Crippen molar-refractivity contribution in [2.75, 3.05) is 19.6 Å². The Morgan fingerprint density at radius 2 is 1.90 bits per heavy atom. The number of carbonyl (C=O) groups excluding carboxylic acids is 2. The van der Waals surface area contributed by atoms with Crippen LogP contribution in [0.5, 0.6) is 0 Å². The molecular weight excluding hydrogens is 401 g/mol. The quantitative estimate of drug-likeness (QED) is 0.700. The van der Waals surface area contributed by atoms with E-state index in [4.69, 9.17) is 4.42 Å². The highest BCUT2D eigenvalue weighted by Gasteiger charge is 2.51. The van der Waals surface area contributed by atoms with Gasteiger partial charge in [-0.25, -0.2) is 9.37 Å². The lowest BCUT2D eigenvalue weighted by molar-refractivity contribution is -0.144. The molecule has 2 aromatic carbocycles. The van der Waals surface area contributed by atoms with Crippen LogP contribution in [0.25, 0.3) is 22.6 Å². The average Bonchev–Trinajstić information content (AvgIpc) is 3.38. The minimum Gasteiger partial charge on any atom is -0.436 e. The Kier molecular flexibility index (Phi) is 4.55. The second-order valence-electron chi connectivity index (χ2n) is 8.34. The first-order valence-corrected chi connectivity index (χ1v) is 10.3. The average molecular weight is 423 g/mol. The van der Waals surface area contributed by atoms with Gasteiger partial charge < -0.3 is 19.3 Å². The molecule has 1 saturated heterocycles. The van der Waals surface area contributed by atoms with Crippen molar-refractivity contribution in [1.82, 2.24) is 14.8 Å². The lowest BCUT2D eigenvalue weighted by Crippen LogP contribution is -2.57. The molecule has 2 heterocycles. The maximum absolute atomic E-state index is 13.4. The first-order valence-electron chi connectivity index (χ1n) is 10.3. The van der Waals surface area contributed by atoms with E-state index in [0.29, 0.717) is 60.6 Å². The van der Waals surface area contributed by atoms with E-state index in [1.54, 1.807) is 40.1 Å². The highest BCUT2D eigenvalue weighted by Crippen LogP contribution is 2.37. The molecule has 5 rings (SSSR count). The molecule has 2 amide bonds. The molecule has 8 heteroatoms. The van der Waals surface area contributed by atoms with Crippen molar-refractivity contribution in [1.29, 1.82) is 0 Å². The molecule has 1 aliphatic heterocycles. The van der Waals surface area contributed by atoms with Crippen LogP contribution < -0.4 is 0 Å². The molecule has 2 aliphatic rings. The number of aliphatic hydroxyl groups is 1. The van der Waals surface area contributed by atoms with Crippen molar-refractivity contribution in [3.8, 4) is 11.5 Å². The number of hydrogen-bond acceptors (Lipinski definition) is 5. The molecule has 0 unspecified atom stereocenters. The number of hydrogen-bond donors (Lipinski definition) is 1. The Hall–Kier alpha value is -3.26. The number of fused-ring (bicyclic) bond motifs is 1. The van der Waals surface area contributed by atoms with Crippen LogP contribution in [-0.2, 0) is 4.79 Å². The van der Waals surface area contributed by atoms with E-state index in [2.05, 4.69) is 4.98 Å². The molecule has 1 aliphatic carbocycles. The van der Waals surface area contributed by atoms with E-state index >= 15 is 0 Å². The molecule has 1 aromatic heterocycles. The number of benzene rings is 2. The van der Waals surface area contributed by atoms with Crippen LogP contribution in [0.2, 0.25) is 0 Å². The van der Waals surface area contributed by atoms with Crippen molar-refractivity contribution in [2.24, 2.45) is 0 Å². The van der Waals surface area contributed by atoms with Gasteiger partial charge in [0.1, 0.15) is 16.9 Å². The van der Waals surface area contributed by atoms with Crippen molar-refractivity contribution >= 4 is 22.9 Å². The summed E-state index contributed by atoms with van der Waals surface area (Å²) in [5.41, 5.74) is 0.964. The second-order valence-corrected chi connectivity index (χ2v) is 8.34. The summed E-state index contributed by atoms with van der Waals surface area (Å²) in [6.07, 6.45) is 1.03. The summed E-state index contributed by atoms with van der Waals surface area (Å²) in [6, 6.07) is 11.0. The topological polar surface area (TPSA) is 86.9 Å². The summed E-state index contributed by atoms with van der Waals surface area (Å²) in [7, 11) is 0. The van der Waals surface area contributed by atoms with E-state index in [1.807, 2.05) is 6.92 Å².